The summed E-state index contributed by atoms with van der Waals surface area (Å²) < 4.78 is 8.08. The molecule has 0 unspecified atom stereocenters. The van der Waals surface area contributed by atoms with Gasteiger partial charge >= 0.3 is 0 Å². The van der Waals surface area contributed by atoms with Crippen LogP contribution in [0, 0.1) is 4.77 Å². The van der Waals surface area contributed by atoms with Gasteiger partial charge in [0, 0.05) is 5.69 Å². The van der Waals surface area contributed by atoms with Crippen LogP contribution in [-0.4, -0.2) is 14.8 Å². The van der Waals surface area contributed by atoms with Gasteiger partial charge in [0.1, 0.15) is 17.8 Å². The molecule has 4 nitrogen and oxygen atoms in total. The molecule has 2 aromatic carbocycles. The van der Waals surface area contributed by atoms with E-state index in [-0.39, 0.29) is 0 Å². The normalized spacial score (nSPS) is 10.3. The molecule has 1 N–H and O–H groups in total. The topological polar surface area (TPSA) is 42.8 Å². The number of H-pyrrole nitrogens is 1. The molecule has 0 bridgehead atoms. The lowest BCUT2D eigenvalue weighted by Crippen LogP contribution is -1.92. The molecule has 0 amide bonds. The number of aromatic nitrogens is 3. The summed E-state index contributed by atoms with van der Waals surface area (Å²) in [7, 11) is 0. The Bertz CT molecular complexity index is 716. The van der Waals surface area contributed by atoms with E-state index in [0.717, 1.165) is 17.2 Å². The lowest BCUT2D eigenvalue weighted by Gasteiger charge is -2.06. The molecule has 94 valence electrons. The van der Waals surface area contributed by atoms with Crippen molar-refractivity contribution in [3.8, 4) is 17.2 Å². The monoisotopic (exact) mass is 269 g/mol. The molecule has 1 heterocycles. The summed E-state index contributed by atoms with van der Waals surface area (Å²) in [6.07, 6.45) is 1.65. The van der Waals surface area contributed by atoms with Crippen molar-refractivity contribution in [3.05, 3.63) is 65.7 Å². The third-order valence-electron chi connectivity index (χ3n) is 2.65. The van der Waals surface area contributed by atoms with Gasteiger partial charge in [0.2, 0.25) is 0 Å². The van der Waals surface area contributed by atoms with E-state index < -0.39 is 0 Å². The van der Waals surface area contributed by atoms with Crippen LogP contribution in [0.15, 0.2) is 60.9 Å². The van der Waals surface area contributed by atoms with Gasteiger partial charge in [-0.3, -0.25) is 9.67 Å². The number of nitrogens with one attached hydrogen (secondary N) is 1. The maximum absolute atomic E-state index is 5.72. The highest BCUT2D eigenvalue weighted by Gasteiger charge is 2.00. The Morgan fingerprint density at radius 3 is 2.26 bits per heavy atom. The van der Waals surface area contributed by atoms with Crippen LogP contribution in [0.25, 0.3) is 5.69 Å². The van der Waals surface area contributed by atoms with Crippen LogP contribution < -0.4 is 4.74 Å². The second kappa shape index (κ2) is 5.07. The van der Waals surface area contributed by atoms with Gasteiger partial charge < -0.3 is 4.74 Å². The van der Waals surface area contributed by atoms with Gasteiger partial charge in [-0.15, -0.1) is 0 Å². The van der Waals surface area contributed by atoms with Crippen molar-refractivity contribution in [2.45, 2.75) is 0 Å². The number of para-hydroxylation sites is 1. The molecule has 0 atom stereocenters. The number of ether oxygens (including phenoxy) is 1. The van der Waals surface area contributed by atoms with Crippen molar-refractivity contribution in [3.63, 3.8) is 0 Å². The second-order valence-electron chi connectivity index (χ2n) is 3.94. The lowest BCUT2D eigenvalue weighted by atomic mass is 10.3. The van der Waals surface area contributed by atoms with Crippen molar-refractivity contribution < 1.29 is 4.74 Å². The first-order valence-corrected chi connectivity index (χ1v) is 6.19. The first kappa shape index (κ1) is 11.7. The summed E-state index contributed by atoms with van der Waals surface area (Å²) in [5, 5.41) is 6.61. The zero-order valence-electron chi connectivity index (χ0n) is 9.98. The molecule has 0 saturated carbocycles. The van der Waals surface area contributed by atoms with Gasteiger partial charge in [0.05, 0.1) is 0 Å². The van der Waals surface area contributed by atoms with Crippen LogP contribution in [0.1, 0.15) is 0 Å². The minimum absolute atomic E-state index is 0.566. The summed E-state index contributed by atoms with van der Waals surface area (Å²) in [5.74, 6) is 1.60. The fraction of sp³-hybridized carbons (Fsp3) is 0. The van der Waals surface area contributed by atoms with Gasteiger partial charge in [-0.25, -0.2) is 0 Å². The molecular weight excluding hydrogens is 258 g/mol. The van der Waals surface area contributed by atoms with E-state index in [1.807, 2.05) is 54.6 Å². The smallest absolute Gasteiger partial charge is 0.199 e. The summed E-state index contributed by atoms with van der Waals surface area (Å²) in [6.45, 7) is 0. The van der Waals surface area contributed by atoms with Crippen molar-refractivity contribution in [1.82, 2.24) is 14.8 Å². The lowest BCUT2D eigenvalue weighted by molar-refractivity contribution is 0.482. The molecule has 1 aromatic heterocycles. The Kier molecular flexibility index (Phi) is 3.12. The molecular formula is C14H11N3OS. The molecule has 3 rings (SSSR count). The molecule has 0 spiro atoms. The standard InChI is InChI=1S/C14H11N3OS/c19-14-16-15-10-17(14)11-6-8-13(9-7-11)18-12-4-2-1-3-5-12/h1-10H,(H,16,19). The van der Waals surface area contributed by atoms with Crippen molar-refractivity contribution in [1.29, 1.82) is 0 Å². The highest BCUT2D eigenvalue weighted by Crippen LogP contribution is 2.22. The van der Waals surface area contributed by atoms with E-state index in [1.165, 1.54) is 0 Å². The average Bonchev–Trinajstić information content (AvgIpc) is 2.87. The number of benzene rings is 2. The number of hydrogen-bond donors (Lipinski definition) is 1. The van der Waals surface area contributed by atoms with E-state index in [9.17, 15) is 0 Å². The minimum Gasteiger partial charge on any atom is -0.457 e. The zero-order chi connectivity index (χ0) is 13.1. The van der Waals surface area contributed by atoms with Crippen LogP contribution in [0.2, 0.25) is 0 Å². The molecule has 5 heteroatoms. The van der Waals surface area contributed by atoms with Gasteiger partial charge in [0.15, 0.2) is 4.77 Å². The highest BCUT2D eigenvalue weighted by atomic mass is 32.1. The fourth-order valence-electron chi connectivity index (χ4n) is 1.73. The SMILES string of the molecule is S=c1[nH]ncn1-c1ccc(Oc2ccccc2)cc1. The predicted molar refractivity (Wildman–Crippen MR) is 75.3 cm³/mol. The van der Waals surface area contributed by atoms with E-state index in [2.05, 4.69) is 10.2 Å². The molecule has 0 aliphatic carbocycles. The summed E-state index contributed by atoms with van der Waals surface area (Å²) >= 11 is 5.12. The molecule has 0 fully saturated rings. The van der Waals surface area contributed by atoms with Crippen molar-refractivity contribution in [2.75, 3.05) is 0 Å². The van der Waals surface area contributed by atoms with Crippen molar-refractivity contribution in [2.24, 2.45) is 0 Å². The maximum atomic E-state index is 5.72. The van der Waals surface area contributed by atoms with Crippen LogP contribution in [-0.2, 0) is 0 Å². The van der Waals surface area contributed by atoms with E-state index in [0.29, 0.717) is 4.77 Å². The number of aromatic amines is 1. The summed E-state index contributed by atoms with van der Waals surface area (Å²) in [6, 6.07) is 17.3. The predicted octanol–water partition coefficient (Wildman–Crippen LogP) is 3.72. The Balaban J connectivity index is 1.84. The largest absolute Gasteiger partial charge is 0.457 e. The van der Waals surface area contributed by atoms with Gasteiger partial charge in [0.25, 0.3) is 0 Å². The zero-order valence-corrected chi connectivity index (χ0v) is 10.8. The molecule has 0 saturated heterocycles. The summed E-state index contributed by atoms with van der Waals surface area (Å²) in [4.78, 5) is 0. The van der Waals surface area contributed by atoms with E-state index in [1.54, 1.807) is 10.9 Å². The minimum atomic E-state index is 0.566. The van der Waals surface area contributed by atoms with Crippen LogP contribution >= 0.6 is 12.2 Å². The quantitative estimate of drug-likeness (QED) is 0.737. The first-order valence-electron chi connectivity index (χ1n) is 5.78. The maximum Gasteiger partial charge on any atom is 0.199 e. The Morgan fingerprint density at radius 1 is 0.947 bits per heavy atom. The molecule has 3 aromatic rings. The number of hydrogen-bond acceptors (Lipinski definition) is 3. The molecule has 0 aliphatic heterocycles. The molecule has 0 radical (unpaired) electrons. The van der Waals surface area contributed by atoms with Crippen LogP contribution in [0.4, 0.5) is 0 Å². The summed E-state index contributed by atoms with van der Waals surface area (Å²) in [5.41, 5.74) is 0.944. The first-order chi connectivity index (χ1) is 9.33. The number of nitrogens with zero attached hydrogens (tertiary/aromatic N) is 2. The molecule has 19 heavy (non-hydrogen) atoms. The third kappa shape index (κ3) is 2.56. The number of rotatable bonds is 3. The average molecular weight is 269 g/mol. The van der Waals surface area contributed by atoms with Gasteiger partial charge in [-0.05, 0) is 48.6 Å². The second-order valence-corrected chi connectivity index (χ2v) is 4.33. The van der Waals surface area contributed by atoms with E-state index >= 15 is 0 Å². The Morgan fingerprint density at radius 2 is 1.63 bits per heavy atom. The van der Waals surface area contributed by atoms with Gasteiger partial charge in [-0.1, -0.05) is 18.2 Å². The van der Waals surface area contributed by atoms with Crippen LogP contribution in [0.3, 0.4) is 0 Å². The fourth-order valence-corrected chi connectivity index (χ4v) is 1.94. The Labute approximate surface area is 115 Å². The highest BCUT2D eigenvalue weighted by molar-refractivity contribution is 7.71. The van der Waals surface area contributed by atoms with Gasteiger partial charge in [-0.2, -0.15) is 5.10 Å². The van der Waals surface area contributed by atoms with Crippen LogP contribution in [0.5, 0.6) is 11.5 Å². The Hall–Kier alpha value is -2.40. The van der Waals surface area contributed by atoms with Crippen molar-refractivity contribution >= 4 is 12.2 Å². The van der Waals surface area contributed by atoms with E-state index in [4.69, 9.17) is 17.0 Å². The third-order valence-corrected chi connectivity index (χ3v) is 2.93. The molecule has 0 aliphatic rings.